The summed E-state index contributed by atoms with van der Waals surface area (Å²) in [5.41, 5.74) is 2.70. The van der Waals surface area contributed by atoms with Gasteiger partial charge in [-0.1, -0.05) is 24.3 Å². The number of para-hydroxylation sites is 3. The number of fused-ring (bicyclic) bond motifs is 2. The lowest BCUT2D eigenvalue weighted by Gasteiger charge is -2.18. The first-order valence-corrected chi connectivity index (χ1v) is 10.9. The zero-order valence-corrected chi connectivity index (χ0v) is 18.6. The van der Waals surface area contributed by atoms with Crippen molar-refractivity contribution in [1.29, 1.82) is 0 Å². The number of carbonyl (C=O) groups excluding carboxylic acids is 3. The molecule has 33 heavy (non-hydrogen) atoms. The van der Waals surface area contributed by atoms with E-state index in [9.17, 15) is 14.4 Å². The fraction of sp³-hybridized carbons (Fsp3) is 0.333. The third kappa shape index (κ3) is 4.88. The Hall–Kier alpha value is -3.72. The van der Waals surface area contributed by atoms with Gasteiger partial charge in [0.1, 0.15) is 11.9 Å². The predicted octanol–water partition coefficient (Wildman–Crippen LogP) is 2.39. The largest absolute Gasteiger partial charge is 0.383 e. The van der Waals surface area contributed by atoms with Gasteiger partial charge < -0.3 is 25.3 Å². The summed E-state index contributed by atoms with van der Waals surface area (Å²) in [6, 6.07) is 13.5. The number of anilines is 1. The molecule has 9 heteroatoms. The molecular weight excluding hydrogens is 422 g/mol. The molecule has 4 rings (SSSR count). The second-order valence-corrected chi connectivity index (χ2v) is 7.99. The number of aromatic nitrogens is 2. The van der Waals surface area contributed by atoms with Crippen molar-refractivity contribution in [1.82, 2.24) is 20.2 Å². The topological polar surface area (TPSA) is 114 Å². The number of nitrogens with zero attached hydrogens (tertiary/aromatic N) is 2. The fourth-order valence-corrected chi connectivity index (χ4v) is 4.01. The first-order chi connectivity index (χ1) is 16.0. The van der Waals surface area contributed by atoms with Crippen LogP contribution in [0.1, 0.15) is 42.0 Å². The highest BCUT2D eigenvalue weighted by Crippen LogP contribution is 2.22. The lowest BCUT2D eigenvalue weighted by molar-refractivity contribution is -0.122. The van der Waals surface area contributed by atoms with E-state index in [-0.39, 0.29) is 36.6 Å². The van der Waals surface area contributed by atoms with Crippen LogP contribution in [0.15, 0.2) is 48.5 Å². The number of ether oxygens (including phenoxy) is 1. The lowest BCUT2D eigenvalue weighted by atomic mass is 10.1. The monoisotopic (exact) mass is 449 g/mol. The van der Waals surface area contributed by atoms with Gasteiger partial charge in [-0.05, 0) is 37.6 Å². The molecule has 3 amide bonds. The third-order valence-electron chi connectivity index (χ3n) is 5.68. The molecule has 1 aliphatic heterocycles. The van der Waals surface area contributed by atoms with Crippen LogP contribution in [-0.2, 0) is 20.9 Å². The molecule has 0 aliphatic carbocycles. The summed E-state index contributed by atoms with van der Waals surface area (Å²) < 4.78 is 7.27. The van der Waals surface area contributed by atoms with Crippen LogP contribution in [0.25, 0.3) is 11.0 Å². The predicted molar refractivity (Wildman–Crippen MR) is 124 cm³/mol. The number of hydrogen-bond donors (Lipinski definition) is 3. The van der Waals surface area contributed by atoms with Gasteiger partial charge >= 0.3 is 0 Å². The van der Waals surface area contributed by atoms with Crippen molar-refractivity contribution in [3.8, 4) is 0 Å². The van der Waals surface area contributed by atoms with Crippen LogP contribution in [0.2, 0.25) is 0 Å². The normalized spacial score (nSPS) is 16.5. The number of methoxy groups -OCH3 is 1. The minimum Gasteiger partial charge on any atom is -0.383 e. The minimum absolute atomic E-state index is 0.0807. The van der Waals surface area contributed by atoms with Gasteiger partial charge in [-0.15, -0.1) is 0 Å². The third-order valence-corrected chi connectivity index (χ3v) is 5.68. The number of rotatable bonds is 8. The molecule has 3 aromatic rings. The highest BCUT2D eigenvalue weighted by Gasteiger charge is 2.28. The molecule has 0 saturated carbocycles. The standard InChI is InChI=1S/C24H27N5O4/c1-15(22-26-18-9-5-6-10-20(18)29(22)13-14-33-2)25-21(30)12-11-19-24(32)27-17-8-4-3-7-16(17)23(31)28-19/h3-10,15,19H,11-14H2,1-2H3,(H,25,30)(H,27,32)(H,28,31)/t15-,19?/m0/s1. The number of nitrogens with one attached hydrogen (secondary N) is 3. The first-order valence-electron chi connectivity index (χ1n) is 10.9. The Balaban J connectivity index is 1.40. The number of hydrogen-bond acceptors (Lipinski definition) is 5. The molecule has 0 radical (unpaired) electrons. The molecule has 172 valence electrons. The van der Waals surface area contributed by atoms with Crippen molar-refractivity contribution in [2.45, 2.75) is 38.4 Å². The summed E-state index contributed by atoms with van der Waals surface area (Å²) in [4.78, 5) is 42.4. The Kier molecular flexibility index (Phi) is 6.69. The Morgan fingerprint density at radius 3 is 2.76 bits per heavy atom. The van der Waals surface area contributed by atoms with Gasteiger partial charge in [0.15, 0.2) is 0 Å². The SMILES string of the molecule is COCCn1c([C@H](C)NC(=O)CCC2NC(=O)c3ccccc3NC2=O)nc2ccccc21. The van der Waals surface area contributed by atoms with Crippen molar-refractivity contribution in [3.05, 3.63) is 59.9 Å². The van der Waals surface area contributed by atoms with E-state index in [0.29, 0.717) is 24.4 Å². The molecule has 1 aromatic heterocycles. The Morgan fingerprint density at radius 1 is 1.18 bits per heavy atom. The van der Waals surface area contributed by atoms with Crippen LogP contribution in [0.4, 0.5) is 5.69 Å². The van der Waals surface area contributed by atoms with Gasteiger partial charge in [-0.3, -0.25) is 14.4 Å². The maximum Gasteiger partial charge on any atom is 0.254 e. The van der Waals surface area contributed by atoms with E-state index >= 15 is 0 Å². The van der Waals surface area contributed by atoms with Gasteiger partial charge in [0.25, 0.3) is 5.91 Å². The van der Waals surface area contributed by atoms with Gasteiger partial charge in [0.05, 0.1) is 34.9 Å². The summed E-state index contributed by atoms with van der Waals surface area (Å²) >= 11 is 0. The molecule has 2 aromatic carbocycles. The summed E-state index contributed by atoms with van der Waals surface area (Å²) in [6.07, 6.45) is 0.265. The molecule has 1 aliphatic rings. The summed E-state index contributed by atoms with van der Waals surface area (Å²) in [5.74, 6) is -0.167. The number of carbonyl (C=O) groups is 3. The fourth-order valence-electron chi connectivity index (χ4n) is 4.01. The molecule has 1 unspecified atom stereocenters. The van der Waals surface area contributed by atoms with Crippen LogP contribution < -0.4 is 16.0 Å². The maximum atomic E-state index is 12.7. The first kappa shape index (κ1) is 22.5. The molecule has 0 spiro atoms. The highest BCUT2D eigenvalue weighted by atomic mass is 16.5. The number of amides is 3. The average Bonchev–Trinajstić information content (AvgIpc) is 3.13. The van der Waals surface area contributed by atoms with E-state index in [1.807, 2.05) is 35.8 Å². The van der Waals surface area contributed by atoms with Crippen LogP contribution >= 0.6 is 0 Å². The highest BCUT2D eigenvalue weighted by molar-refractivity contribution is 6.09. The summed E-state index contributed by atoms with van der Waals surface area (Å²) in [6.45, 7) is 3.01. The van der Waals surface area contributed by atoms with Crippen LogP contribution in [0.3, 0.4) is 0 Å². The average molecular weight is 450 g/mol. The molecule has 0 fully saturated rings. The number of benzene rings is 2. The van der Waals surface area contributed by atoms with E-state index in [1.165, 1.54) is 0 Å². The van der Waals surface area contributed by atoms with Crippen LogP contribution in [-0.4, -0.2) is 47.0 Å². The molecular formula is C24H27N5O4. The van der Waals surface area contributed by atoms with Gasteiger partial charge in [-0.25, -0.2) is 4.98 Å². The summed E-state index contributed by atoms with van der Waals surface area (Å²) in [5, 5.41) is 8.43. The zero-order valence-electron chi connectivity index (χ0n) is 18.6. The zero-order chi connectivity index (χ0) is 23.4. The van der Waals surface area contributed by atoms with E-state index in [4.69, 9.17) is 9.72 Å². The van der Waals surface area contributed by atoms with Crippen LogP contribution in [0, 0.1) is 0 Å². The van der Waals surface area contributed by atoms with Crippen molar-refractivity contribution in [2.24, 2.45) is 0 Å². The Bertz CT molecular complexity index is 1190. The van der Waals surface area contributed by atoms with E-state index in [1.54, 1.807) is 31.4 Å². The van der Waals surface area contributed by atoms with Crippen molar-refractivity contribution < 1.29 is 19.1 Å². The molecule has 0 saturated heterocycles. The maximum absolute atomic E-state index is 12.7. The molecule has 2 atom stereocenters. The van der Waals surface area contributed by atoms with Crippen LogP contribution in [0.5, 0.6) is 0 Å². The minimum atomic E-state index is -0.794. The lowest BCUT2D eigenvalue weighted by Crippen LogP contribution is -2.42. The Labute approximate surface area is 191 Å². The van der Waals surface area contributed by atoms with Gasteiger partial charge in [0.2, 0.25) is 11.8 Å². The smallest absolute Gasteiger partial charge is 0.254 e. The quantitative estimate of drug-likeness (QED) is 0.489. The van der Waals surface area contributed by atoms with E-state index in [2.05, 4.69) is 16.0 Å². The van der Waals surface area contributed by atoms with Gasteiger partial charge in [-0.2, -0.15) is 0 Å². The van der Waals surface area contributed by atoms with E-state index < -0.39 is 6.04 Å². The molecule has 9 nitrogen and oxygen atoms in total. The van der Waals surface area contributed by atoms with Crippen molar-refractivity contribution in [3.63, 3.8) is 0 Å². The summed E-state index contributed by atoms with van der Waals surface area (Å²) in [7, 11) is 1.64. The van der Waals surface area contributed by atoms with Gasteiger partial charge in [0, 0.05) is 20.1 Å². The van der Waals surface area contributed by atoms with E-state index in [0.717, 1.165) is 16.9 Å². The molecule has 3 N–H and O–H groups in total. The Morgan fingerprint density at radius 2 is 1.94 bits per heavy atom. The molecule has 2 heterocycles. The van der Waals surface area contributed by atoms with Crippen molar-refractivity contribution >= 4 is 34.4 Å². The molecule has 0 bridgehead atoms. The number of imidazole rings is 1. The second-order valence-electron chi connectivity index (χ2n) is 7.99. The van der Waals surface area contributed by atoms with Crippen molar-refractivity contribution in [2.75, 3.05) is 19.0 Å². The second kappa shape index (κ2) is 9.83.